The fourth-order valence-corrected chi connectivity index (χ4v) is 3.27. The highest BCUT2D eigenvalue weighted by molar-refractivity contribution is 5.80. The van der Waals surface area contributed by atoms with Crippen molar-refractivity contribution in [1.82, 2.24) is 15.2 Å². The van der Waals surface area contributed by atoms with Crippen LogP contribution in [0.5, 0.6) is 5.88 Å². The molecular formula is C18H25N3O3. The molecule has 0 bridgehead atoms. The zero-order valence-corrected chi connectivity index (χ0v) is 14.0. The van der Waals surface area contributed by atoms with Gasteiger partial charge >= 0.3 is 0 Å². The first-order valence-electron chi connectivity index (χ1n) is 8.87. The summed E-state index contributed by atoms with van der Waals surface area (Å²) in [7, 11) is 0. The lowest BCUT2D eigenvalue weighted by Crippen LogP contribution is -2.31. The van der Waals surface area contributed by atoms with Crippen LogP contribution in [-0.2, 0) is 16.1 Å². The average molecular weight is 331 g/mol. The summed E-state index contributed by atoms with van der Waals surface area (Å²) in [6, 6.07) is 3.77. The van der Waals surface area contributed by atoms with Crippen molar-refractivity contribution in [2.75, 3.05) is 13.1 Å². The molecule has 2 aliphatic rings. The second kappa shape index (κ2) is 8.13. The van der Waals surface area contributed by atoms with Crippen LogP contribution in [0.1, 0.15) is 50.5 Å². The second-order valence-corrected chi connectivity index (χ2v) is 6.54. The maximum atomic E-state index is 11.9. The number of rotatable bonds is 7. The maximum absolute atomic E-state index is 11.9. The van der Waals surface area contributed by atoms with Crippen molar-refractivity contribution in [3.8, 4) is 5.88 Å². The zero-order valence-electron chi connectivity index (χ0n) is 14.0. The van der Waals surface area contributed by atoms with E-state index in [1.807, 2.05) is 12.1 Å². The third-order valence-corrected chi connectivity index (χ3v) is 4.66. The van der Waals surface area contributed by atoms with E-state index in [-0.39, 0.29) is 17.9 Å². The molecule has 0 spiro atoms. The van der Waals surface area contributed by atoms with Crippen molar-refractivity contribution in [2.24, 2.45) is 0 Å². The predicted octanol–water partition coefficient (Wildman–Crippen LogP) is 2.03. The molecule has 3 rings (SSSR count). The number of carbonyl (C=O) groups excluding carboxylic acids is 2. The van der Waals surface area contributed by atoms with E-state index in [4.69, 9.17) is 4.74 Å². The summed E-state index contributed by atoms with van der Waals surface area (Å²) in [6.07, 6.45) is 8.50. The fourth-order valence-electron chi connectivity index (χ4n) is 3.27. The molecule has 2 amide bonds. The lowest BCUT2D eigenvalue weighted by atomic mass is 10.2. The molecule has 6 heteroatoms. The largest absolute Gasteiger partial charge is 0.474 e. The standard InChI is InChI=1S/C18H25N3O3/c22-16(8-11-21-10-3-6-18(21)23)20-13-14-7-9-19-17(12-14)24-15-4-1-2-5-15/h7,9,12,15H,1-6,8,10-11,13H2,(H,20,22). The molecule has 0 atom stereocenters. The van der Waals surface area contributed by atoms with E-state index in [9.17, 15) is 9.59 Å². The van der Waals surface area contributed by atoms with E-state index >= 15 is 0 Å². The first-order chi connectivity index (χ1) is 11.7. The van der Waals surface area contributed by atoms with Gasteiger partial charge in [0, 0.05) is 44.7 Å². The summed E-state index contributed by atoms with van der Waals surface area (Å²) in [5.41, 5.74) is 0.976. The first kappa shape index (κ1) is 16.7. The highest BCUT2D eigenvalue weighted by atomic mass is 16.5. The number of amides is 2. The van der Waals surface area contributed by atoms with Gasteiger partial charge in [0.05, 0.1) is 0 Å². The van der Waals surface area contributed by atoms with Crippen LogP contribution in [0.15, 0.2) is 18.3 Å². The minimum Gasteiger partial charge on any atom is -0.474 e. The topological polar surface area (TPSA) is 71.5 Å². The number of aromatic nitrogens is 1. The normalized spacial score (nSPS) is 18.2. The summed E-state index contributed by atoms with van der Waals surface area (Å²) in [5.74, 6) is 0.756. The van der Waals surface area contributed by atoms with Crippen molar-refractivity contribution in [2.45, 2.75) is 57.6 Å². The van der Waals surface area contributed by atoms with E-state index in [0.29, 0.717) is 31.8 Å². The molecule has 24 heavy (non-hydrogen) atoms. The Hall–Kier alpha value is -2.11. The Labute approximate surface area is 142 Å². The van der Waals surface area contributed by atoms with E-state index in [1.165, 1.54) is 12.8 Å². The molecule has 0 unspecified atom stereocenters. The molecule has 1 aliphatic heterocycles. The van der Waals surface area contributed by atoms with Gasteiger partial charge in [-0.15, -0.1) is 0 Å². The zero-order chi connectivity index (χ0) is 16.8. The van der Waals surface area contributed by atoms with Gasteiger partial charge in [0.25, 0.3) is 0 Å². The van der Waals surface area contributed by atoms with Crippen molar-refractivity contribution in [3.63, 3.8) is 0 Å². The third-order valence-electron chi connectivity index (χ3n) is 4.66. The van der Waals surface area contributed by atoms with Gasteiger partial charge in [-0.05, 0) is 43.7 Å². The minimum absolute atomic E-state index is 0.0372. The van der Waals surface area contributed by atoms with Gasteiger partial charge in [-0.3, -0.25) is 9.59 Å². The number of carbonyl (C=O) groups is 2. The Morgan fingerprint density at radius 2 is 2.17 bits per heavy atom. The van der Waals surface area contributed by atoms with Crippen molar-refractivity contribution < 1.29 is 14.3 Å². The Morgan fingerprint density at radius 1 is 1.33 bits per heavy atom. The van der Waals surface area contributed by atoms with Crippen LogP contribution in [0.2, 0.25) is 0 Å². The molecule has 1 aromatic rings. The molecule has 1 aromatic heterocycles. The third kappa shape index (κ3) is 4.69. The van der Waals surface area contributed by atoms with Crippen molar-refractivity contribution in [3.05, 3.63) is 23.9 Å². The summed E-state index contributed by atoms with van der Waals surface area (Å²) >= 11 is 0. The van der Waals surface area contributed by atoms with Gasteiger partial charge in [-0.2, -0.15) is 0 Å². The molecule has 2 heterocycles. The molecule has 6 nitrogen and oxygen atoms in total. The molecule has 1 saturated carbocycles. The molecule has 130 valence electrons. The van der Waals surface area contributed by atoms with Crippen LogP contribution < -0.4 is 10.1 Å². The summed E-state index contributed by atoms with van der Waals surface area (Å²) in [5, 5.41) is 2.90. The number of pyridine rings is 1. The maximum Gasteiger partial charge on any atom is 0.222 e. The quantitative estimate of drug-likeness (QED) is 0.830. The number of nitrogens with one attached hydrogen (secondary N) is 1. The van der Waals surface area contributed by atoms with E-state index < -0.39 is 0 Å². The van der Waals surface area contributed by atoms with E-state index in [2.05, 4.69) is 10.3 Å². The van der Waals surface area contributed by atoms with Crippen LogP contribution in [0.3, 0.4) is 0 Å². The lowest BCUT2D eigenvalue weighted by Gasteiger charge is -2.15. The Balaban J connectivity index is 1.42. The highest BCUT2D eigenvalue weighted by Crippen LogP contribution is 2.23. The SMILES string of the molecule is O=C(CCN1CCCC1=O)NCc1ccnc(OC2CCCC2)c1. The Bertz CT molecular complexity index is 585. The Kier molecular flexibility index (Phi) is 5.67. The summed E-state index contributed by atoms with van der Waals surface area (Å²) in [6.45, 7) is 1.74. The van der Waals surface area contributed by atoms with Crippen LogP contribution in [0, 0.1) is 0 Å². The van der Waals surface area contributed by atoms with Gasteiger partial charge in [-0.25, -0.2) is 4.98 Å². The Morgan fingerprint density at radius 3 is 2.92 bits per heavy atom. The fraction of sp³-hybridized carbons (Fsp3) is 0.611. The first-order valence-corrected chi connectivity index (χ1v) is 8.87. The van der Waals surface area contributed by atoms with E-state index in [0.717, 1.165) is 31.4 Å². The molecule has 1 aliphatic carbocycles. The van der Waals surface area contributed by atoms with Gasteiger partial charge < -0.3 is 15.0 Å². The molecule has 2 fully saturated rings. The minimum atomic E-state index is -0.0372. The smallest absolute Gasteiger partial charge is 0.222 e. The summed E-state index contributed by atoms with van der Waals surface area (Å²) in [4.78, 5) is 29.5. The molecule has 1 N–H and O–H groups in total. The van der Waals surface area contributed by atoms with Gasteiger partial charge in [-0.1, -0.05) is 0 Å². The molecule has 0 aromatic carbocycles. The second-order valence-electron chi connectivity index (χ2n) is 6.54. The van der Waals surface area contributed by atoms with Gasteiger partial charge in [0.1, 0.15) is 6.10 Å². The molecule has 1 saturated heterocycles. The number of nitrogens with zero attached hydrogens (tertiary/aromatic N) is 2. The number of hydrogen-bond donors (Lipinski definition) is 1. The van der Waals surface area contributed by atoms with Gasteiger partial charge in [0.15, 0.2) is 0 Å². The summed E-state index contributed by atoms with van der Waals surface area (Å²) < 4.78 is 5.88. The predicted molar refractivity (Wildman–Crippen MR) is 89.4 cm³/mol. The molecule has 0 radical (unpaired) electrons. The average Bonchev–Trinajstić information content (AvgIpc) is 3.23. The van der Waals surface area contributed by atoms with Crippen molar-refractivity contribution >= 4 is 11.8 Å². The van der Waals surface area contributed by atoms with Crippen LogP contribution in [0.25, 0.3) is 0 Å². The van der Waals surface area contributed by atoms with Gasteiger partial charge in [0.2, 0.25) is 17.7 Å². The van der Waals surface area contributed by atoms with Crippen LogP contribution in [0.4, 0.5) is 0 Å². The van der Waals surface area contributed by atoms with Crippen molar-refractivity contribution in [1.29, 1.82) is 0 Å². The number of ether oxygens (including phenoxy) is 1. The van der Waals surface area contributed by atoms with Crippen LogP contribution >= 0.6 is 0 Å². The number of likely N-dealkylation sites (tertiary alicyclic amines) is 1. The lowest BCUT2D eigenvalue weighted by molar-refractivity contribution is -0.128. The van der Waals surface area contributed by atoms with E-state index in [1.54, 1.807) is 11.1 Å². The van der Waals surface area contributed by atoms with Crippen LogP contribution in [-0.4, -0.2) is 40.9 Å². The number of hydrogen-bond acceptors (Lipinski definition) is 4. The molecular weight excluding hydrogens is 306 g/mol. The monoisotopic (exact) mass is 331 g/mol. The highest BCUT2D eigenvalue weighted by Gasteiger charge is 2.20.